The molecule has 0 fully saturated rings. The number of anilines is 1. The minimum atomic E-state index is 0.0515. The first-order valence-corrected chi connectivity index (χ1v) is 6.30. The zero-order valence-electron chi connectivity index (χ0n) is 8.31. The van der Waals surface area contributed by atoms with Crippen molar-refractivity contribution in [2.45, 2.75) is 6.42 Å². The number of benzene rings is 1. The Hall–Kier alpha value is -1.20. The highest BCUT2D eigenvalue weighted by Crippen LogP contribution is 2.21. The molecule has 2 N–H and O–H groups in total. The molecule has 2 aromatic rings. The number of nitrogens with two attached hydrogens (primary N) is 1. The molecular weight excluding hydrogens is 288 g/mol. The minimum absolute atomic E-state index is 0.0515. The van der Waals surface area contributed by atoms with Crippen LogP contribution in [0.4, 0.5) is 5.69 Å². The number of thiazole rings is 1. The fourth-order valence-corrected chi connectivity index (χ4v) is 2.27. The van der Waals surface area contributed by atoms with Crippen molar-refractivity contribution in [3.63, 3.8) is 0 Å². The molecule has 1 aromatic heterocycles. The van der Waals surface area contributed by atoms with Gasteiger partial charge >= 0.3 is 0 Å². The van der Waals surface area contributed by atoms with E-state index in [1.807, 2.05) is 5.38 Å². The highest BCUT2D eigenvalue weighted by molar-refractivity contribution is 9.10. The first kappa shape index (κ1) is 11.3. The van der Waals surface area contributed by atoms with Gasteiger partial charge in [-0.05, 0) is 34.1 Å². The zero-order chi connectivity index (χ0) is 11.5. The van der Waals surface area contributed by atoms with Gasteiger partial charge in [0.1, 0.15) is 5.01 Å². The summed E-state index contributed by atoms with van der Waals surface area (Å²) in [5, 5.41) is 2.69. The largest absolute Gasteiger partial charge is 0.398 e. The molecule has 0 saturated carbocycles. The second-order valence-corrected chi connectivity index (χ2v) is 5.10. The first-order valence-electron chi connectivity index (χ1n) is 4.63. The Balaban J connectivity index is 2.18. The third-order valence-electron chi connectivity index (χ3n) is 2.12. The molecule has 0 bridgehead atoms. The van der Waals surface area contributed by atoms with Crippen LogP contribution in [0.15, 0.2) is 34.2 Å². The fraction of sp³-hybridized carbons (Fsp3) is 0.0909. The van der Waals surface area contributed by atoms with E-state index in [0.29, 0.717) is 17.7 Å². The molecule has 1 heterocycles. The molecule has 2 rings (SSSR count). The van der Waals surface area contributed by atoms with Crippen molar-refractivity contribution in [2.75, 3.05) is 5.73 Å². The lowest BCUT2D eigenvalue weighted by molar-refractivity contribution is 0.0993. The highest BCUT2D eigenvalue weighted by atomic mass is 79.9. The molecular formula is C11H9BrN2OS. The molecule has 0 spiro atoms. The van der Waals surface area contributed by atoms with Gasteiger partial charge in [-0.1, -0.05) is 0 Å². The van der Waals surface area contributed by atoms with E-state index in [-0.39, 0.29) is 5.78 Å². The van der Waals surface area contributed by atoms with Crippen LogP contribution in [-0.2, 0) is 6.42 Å². The monoisotopic (exact) mass is 296 g/mol. The van der Waals surface area contributed by atoms with Crippen LogP contribution in [0.5, 0.6) is 0 Å². The summed E-state index contributed by atoms with van der Waals surface area (Å²) in [7, 11) is 0. The summed E-state index contributed by atoms with van der Waals surface area (Å²) in [5.74, 6) is 0.0515. The SMILES string of the molecule is Nc1ccc(C(=O)Cc2nccs2)cc1Br. The van der Waals surface area contributed by atoms with Gasteiger partial charge in [0, 0.05) is 27.3 Å². The quantitative estimate of drug-likeness (QED) is 0.700. The molecule has 0 aliphatic rings. The number of halogens is 1. The number of carbonyl (C=O) groups is 1. The van der Waals surface area contributed by atoms with Crippen molar-refractivity contribution in [2.24, 2.45) is 0 Å². The number of rotatable bonds is 3. The van der Waals surface area contributed by atoms with Crippen LogP contribution in [-0.4, -0.2) is 10.8 Å². The lowest BCUT2D eigenvalue weighted by Gasteiger charge is -2.02. The molecule has 0 amide bonds. The Bertz CT molecular complexity index is 511. The molecule has 82 valence electrons. The van der Waals surface area contributed by atoms with E-state index in [2.05, 4.69) is 20.9 Å². The van der Waals surface area contributed by atoms with Crippen molar-refractivity contribution in [1.82, 2.24) is 4.98 Å². The van der Waals surface area contributed by atoms with Crippen LogP contribution < -0.4 is 5.73 Å². The Morgan fingerprint density at radius 3 is 2.94 bits per heavy atom. The third-order valence-corrected chi connectivity index (χ3v) is 3.58. The summed E-state index contributed by atoms with van der Waals surface area (Å²) < 4.78 is 0.748. The lowest BCUT2D eigenvalue weighted by Crippen LogP contribution is -2.03. The molecule has 5 heteroatoms. The molecule has 0 unspecified atom stereocenters. The lowest BCUT2D eigenvalue weighted by atomic mass is 10.1. The summed E-state index contributed by atoms with van der Waals surface area (Å²) >= 11 is 4.79. The predicted octanol–water partition coefficient (Wildman–Crippen LogP) is 2.91. The number of carbonyl (C=O) groups excluding carboxylic acids is 1. The van der Waals surface area contributed by atoms with Gasteiger partial charge in [0.2, 0.25) is 0 Å². The van der Waals surface area contributed by atoms with Gasteiger partial charge in [0.25, 0.3) is 0 Å². The van der Waals surface area contributed by atoms with E-state index in [0.717, 1.165) is 9.48 Å². The van der Waals surface area contributed by atoms with Crippen LogP contribution in [0.25, 0.3) is 0 Å². The Kier molecular flexibility index (Phi) is 3.36. The molecule has 0 saturated heterocycles. The number of nitrogens with zero attached hydrogens (tertiary/aromatic N) is 1. The highest BCUT2D eigenvalue weighted by Gasteiger charge is 2.09. The Labute approximate surface area is 105 Å². The van der Waals surface area contributed by atoms with Gasteiger partial charge in [-0.2, -0.15) is 0 Å². The zero-order valence-corrected chi connectivity index (χ0v) is 10.7. The van der Waals surface area contributed by atoms with Crippen LogP contribution in [0.1, 0.15) is 15.4 Å². The van der Waals surface area contributed by atoms with Crippen molar-refractivity contribution in [1.29, 1.82) is 0 Å². The standard InChI is InChI=1S/C11H9BrN2OS/c12-8-5-7(1-2-9(8)13)10(15)6-11-14-3-4-16-11/h1-5H,6,13H2. The predicted molar refractivity (Wildman–Crippen MR) is 68.7 cm³/mol. The van der Waals surface area contributed by atoms with Crippen molar-refractivity contribution in [3.05, 3.63) is 44.8 Å². The third kappa shape index (κ3) is 2.48. The number of nitrogen functional groups attached to an aromatic ring is 1. The fourth-order valence-electron chi connectivity index (χ4n) is 1.28. The smallest absolute Gasteiger partial charge is 0.169 e. The summed E-state index contributed by atoms with van der Waals surface area (Å²) in [6.07, 6.45) is 2.04. The van der Waals surface area contributed by atoms with Gasteiger partial charge in [0.05, 0.1) is 6.42 Å². The molecule has 16 heavy (non-hydrogen) atoms. The Morgan fingerprint density at radius 1 is 1.50 bits per heavy atom. The van der Waals surface area contributed by atoms with Gasteiger partial charge in [-0.25, -0.2) is 4.98 Å². The van der Waals surface area contributed by atoms with Gasteiger partial charge < -0.3 is 5.73 Å². The van der Waals surface area contributed by atoms with E-state index in [4.69, 9.17) is 5.73 Å². The molecule has 3 nitrogen and oxygen atoms in total. The second-order valence-electron chi connectivity index (χ2n) is 3.26. The van der Waals surface area contributed by atoms with Crippen molar-refractivity contribution >= 4 is 38.7 Å². The van der Waals surface area contributed by atoms with Crippen molar-refractivity contribution in [3.8, 4) is 0 Å². The van der Waals surface area contributed by atoms with Crippen LogP contribution in [0, 0.1) is 0 Å². The maximum absolute atomic E-state index is 11.9. The van der Waals surface area contributed by atoms with E-state index in [1.165, 1.54) is 11.3 Å². The van der Waals surface area contributed by atoms with E-state index in [1.54, 1.807) is 24.4 Å². The number of aromatic nitrogens is 1. The normalized spacial score (nSPS) is 10.3. The van der Waals surface area contributed by atoms with Crippen LogP contribution in [0.2, 0.25) is 0 Å². The van der Waals surface area contributed by atoms with Gasteiger partial charge in [0.15, 0.2) is 5.78 Å². The van der Waals surface area contributed by atoms with Crippen LogP contribution in [0.3, 0.4) is 0 Å². The number of ketones is 1. The number of hydrogen-bond acceptors (Lipinski definition) is 4. The van der Waals surface area contributed by atoms with Crippen LogP contribution >= 0.6 is 27.3 Å². The first-order chi connectivity index (χ1) is 7.66. The average molecular weight is 297 g/mol. The number of hydrogen-bond donors (Lipinski definition) is 1. The Morgan fingerprint density at radius 2 is 2.31 bits per heavy atom. The molecule has 0 aliphatic heterocycles. The summed E-state index contributed by atoms with van der Waals surface area (Å²) in [5.41, 5.74) is 6.94. The van der Waals surface area contributed by atoms with E-state index >= 15 is 0 Å². The summed E-state index contributed by atoms with van der Waals surface area (Å²) in [6, 6.07) is 5.19. The van der Waals surface area contributed by atoms with Gasteiger partial charge in [-0.3, -0.25) is 4.79 Å². The molecule has 0 atom stereocenters. The maximum atomic E-state index is 11.9. The summed E-state index contributed by atoms with van der Waals surface area (Å²) in [6.45, 7) is 0. The maximum Gasteiger partial charge on any atom is 0.169 e. The number of Topliss-reactive ketones (excluding diaryl/α,β-unsaturated/α-hetero) is 1. The molecule has 1 aromatic carbocycles. The van der Waals surface area contributed by atoms with E-state index < -0.39 is 0 Å². The minimum Gasteiger partial charge on any atom is -0.398 e. The summed E-state index contributed by atoms with van der Waals surface area (Å²) in [4.78, 5) is 16.0. The van der Waals surface area contributed by atoms with Crippen molar-refractivity contribution < 1.29 is 4.79 Å². The average Bonchev–Trinajstić information content (AvgIpc) is 2.74. The van der Waals surface area contributed by atoms with E-state index in [9.17, 15) is 4.79 Å². The van der Waals surface area contributed by atoms with Gasteiger partial charge in [-0.15, -0.1) is 11.3 Å². The second kappa shape index (κ2) is 4.76. The molecule has 0 radical (unpaired) electrons. The molecule has 0 aliphatic carbocycles. The topological polar surface area (TPSA) is 56.0 Å².